The summed E-state index contributed by atoms with van der Waals surface area (Å²) in [6, 6.07) is 0. The number of allylic oxidation sites excluding steroid dienone is 2. The Morgan fingerprint density at radius 1 is 1.59 bits per heavy atom. The Bertz CT molecular complexity index is 362. The van der Waals surface area contributed by atoms with Crippen molar-refractivity contribution in [3.05, 3.63) is 22.9 Å². The van der Waals surface area contributed by atoms with Gasteiger partial charge in [-0.2, -0.15) is 0 Å². The minimum Gasteiger partial charge on any atom is -0.400 e. The number of carbonyl (C=O) groups excluding carboxylic acids is 1. The monoisotopic (exact) mass is 257 g/mol. The second-order valence-electron chi connectivity index (χ2n) is 4.30. The highest BCUT2D eigenvalue weighted by atomic mass is 35.5. The van der Waals surface area contributed by atoms with E-state index >= 15 is 0 Å². The molecule has 96 valence electrons. The van der Waals surface area contributed by atoms with Gasteiger partial charge in [0.25, 0.3) is 0 Å². The highest BCUT2D eigenvalue weighted by molar-refractivity contribution is 6.25. The van der Waals surface area contributed by atoms with Crippen LogP contribution in [-0.4, -0.2) is 23.9 Å². The van der Waals surface area contributed by atoms with Crippen LogP contribution in [0.1, 0.15) is 33.6 Å². The van der Waals surface area contributed by atoms with Crippen molar-refractivity contribution in [2.75, 3.05) is 6.61 Å². The number of aldehydes is 1. The Hall–Kier alpha value is -0.800. The Labute approximate surface area is 108 Å². The predicted molar refractivity (Wildman–Crippen MR) is 69.9 cm³/mol. The summed E-state index contributed by atoms with van der Waals surface area (Å²) in [6.45, 7) is 6.42. The summed E-state index contributed by atoms with van der Waals surface area (Å²) in [5.74, 6) is 0. The van der Waals surface area contributed by atoms with Crippen LogP contribution in [0.3, 0.4) is 0 Å². The van der Waals surface area contributed by atoms with E-state index in [9.17, 15) is 4.79 Å². The molecule has 0 aliphatic heterocycles. The second kappa shape index (κ2) is 5.69. The summed E-state index contributed by atoms with van der Waals surface area (Å²) < 4.78 is 5.62. The molecule has 1 aliphatic carbocycles. The average Bonchev–Trinajstić information content (AvgIpc) is 2.33. The largest absolute Gasteiger partial charge is 0.400 e. The third-order valence-corrected chi connectivity index (χ3v) is 3.61. The fourth-order valence-corrected chi connectivity index (χ4v) is 2.44. The molecule has 2 N–H and O–H groups in total. The highest BCUT2D eigenvalue weighted by Crippen LogP contribution is 2.35. The van der Waals surface area contributed by atoms with Crippen LogP contribution in [0.5, 0.6) is 0 Å². The van der Waals surface area contributed by atoms with Crippen molar-refractivity contribution >= 4 is 17.9 Å². The predicted octanol–water partition coefficient (Wildman–Crippen LogP) is 2.54. The van der Waals surface area contributed by atoms with E-state index in [4.69, 9.17) is 22.1 Å². The van der Waals surface area contributed by atoms with Crippen LogP contribution in [-0.2, 0) is 9.53 Å². The number of ether oxygens (including phenoxy) is 1. The molecular formula is C13H20ClNO2. The van der Waals surface area contributed by atoms with Crippen molar-refractivity contribution in [3.8, 4) is 0 Å². The van der Waals surface area contributed by atoms with E-state index in [2.05, 4.69) is 0 Å². The van der Waals surface area contributed by atoms with Gasteiger partial charge in [0.1, 0.15) is 5.38 Å². The second-order valence-corrected chi connectivity index (χ2v) is 4.73. The van der Waals surface area contributed by atoms with Crippen molar-refractivity contribution in [1.29, 1.82) is 0 Å². The molecule has 0 aromatic heterocycles. The number of carbonyl (C=O) groups is 1. The molecular weight excluding hydrogens is 238 g/mol. The van der Waals surface area contributed by atoms with Gasteiger partial charge in [-0.3, -0.25) is 4.79 Å². The lowest BCUT2D eigenvalue weighted by Crippen LogP contribution is -2.47. The molecule has 0 aromatic carbocycles. The molecule has 1 aliphatic rings. The summed E-state index contributed by atoms with van der Waals surface area (Å²) in [6.07, 6.45) is 4.18. The molecule has 0 fully saturated rings. The van der Waals surface area contributed by atoms with Crippen LogP contribution < -0.4 is 5.73 Å². The number of hydrogen-bond acceptors (Lipinski definition) is 3. The van der Waals surface area contributed by atoms with Crippen molar-refractivity contribution in [2.24, 2.45) is 5.73 Å². The molecule has 2 unspecified atom stereocenters. The lowest BCUT2D eigenvalue weighted by molar-refractivity contribution is -0.125. The molecule has 0 saturated carbocycles. The third-order valence-electron chi connectivity index (χ3n) is 3.03. The highest BCUT2D eigenvalue weighted by Gasteiger charge is 2.42. The lowest BCUT2D eigenvalue weighted by Gasteiger charge is -2.35. The number of rotatable bonds is 5. The van der Waals surface area contributed by atoms with Gasteiger partial charge in [0.05, 0.1) is 0 Å². The summed E-state index contributed by atoms with van der Waals surface area (Å²) in [4.78, 5) is 11.4. The maximum Gasteiger partial charge on any atom is 0.163 e. The smallest absolute Gasteiger partial charge is 0.163 e. The van der Waals surface area contributed by atoms with Crippen molar-refractivity contribution in [2.45, 2.75) is 44.6 Å². The number of halogens is 1. The van der Waals surface area contributed by atoms with Crippen LogP contribution in [0.2, 0.25) is 0 Å². The first-order valence-electron chi connectivity index (χ1n) is 5.95. The molecule has 0 aromatic rings. The van der Waals surface area contributed by atoms with Crippen LogP contribution in [0.4, 0.5) is 0 Å². The number of nitrogens with two attached hydrogens (primary N) is 1. The maximum absolute atomic E-state index is 11.4. The first-order chi connectivity index (χ1) is 8.02. The van der Waals surface area contributed by atoms with E-state index < -0.39 is 11.0 Å². The van der Waals surface area contributed by atoms with Gasteiger partial charge in [-0.05, 0) is 37.0 Å². The third kappa shape index (κ3) is 2.55. The van der Waals surface area contributed by atoms with Crippen LogP contribution in [0.15, 0.2) is 22.9 Å². The summed E-state index contributed by atoms with van der Waals surface area (Å²) in [5, 5.41) is -0.620. The molecule has 0 saturated heterocycles. The first kappa shape index (κ1) is 14.3. The SMILES string of the molecule is CCCOC1(C=O)C=C(C)C(CC)=C(N)C1Cl. The van der Waals surface area contributed by atoms with E-state index in [1.165, 1.54) is 0 Å². The molecule has 0 bridgehead atoms. The summed E-state index contributed by atoms with van der Waals surface area (Å²) in [7, 11) is 0. The molecule has 3 nitrogen and oxygen atoms in total. The average molecular weight is 258 g/mol. The zero-order valence-corrected chi connectivity index (χ0v) is 11.4. The van der Waals surface area contributed by atoms with E-state index in [-0.39, 0.29) is 0 Å². The molecule has 17 heavy (non-hydrogen) atoms. The Kier molecular flexibility index (Phi) is 4.78. The number of alkyl halides is 1. The Morgan fingerprint density at radius 3 is 2.71 bits per heavy atom. The zero-order chi connectivity index (χ0) is 13.1. The van der Waals surface area contributed by atoms with E-state index in [1.807, 2.05) is 20.8 Å². The summed E-state index contributed by atoms with van der Waals surface area (Å²) in [5.41, 5.74) is 7.45. The standard InChI is InChI=1S/C13H20ClNO2/c1-4-6-17-13(8-16)7-9(3)10(5-2)11(15)12(13)14/h7-8,12H,4-6,15H2,1-3H3. The van der Waals surface area contributed by atoms with Gasteiger partial charge in [0.15, 0.2) is 11.9 Å². The van der Waals surface area contributed by atoms with Crippen molar-refractivity contribution in [1.82, 2.24) is 0 Å². The van der Waals surface area contributed by atoms with E-state index in [1.54, 1.807) is 6.08 Å². The van der Waals surface area contributed by atoms with E-state index in [0.717, 1.165) is 30.3 Å². The van der Waals surface area contributed by atoms with Crippen LogP contribution >= 0.6 is 11.6 Å². The van der Waals surface area contributed by atoms with Gasteiger partial charge in [-0.15, -0.1) is 11.6 Å². The topological polar surface area (TPSA) is 52.3 Å². The molecule has 0 amide bonds. The van der Waals surface area contributed by atoms with Crippen molar-refractivity contribution in [3.63, 3.8) is 0 Å². The maximum atomic E-state index is 11.4. The number of hydrogen-bond donors (Lipinski definition) is 1. The first-order valence-corrected chi connectivity index (χ1v) is 6.38. The fraction of sp³-hybridized carbons (Fsp3) is 0.615. The van der Waals surface area contributed by atoms with Crippen molar-refractivity contribution < 1.29 is 9.53 Å². The van der Waals surface area contributed by atoms with Gasteiger partial charge in [-0.25, -0.2) is 0 Å². The molecule has 2 atom stereocenters. The molecule has 0 spiro atoms. The minimum absolute atomic E-state index is 0.487. The summed E-state index contributed by atoms with van der Waals surface area (Å²) >= 11 is 6.28. The lowest BCUT2D eigenvalue weighted by atomic mass is 9.84. The van der Waals surface area contributed by atoms with Gasteiger partial charge in [0.2, 0.25) is 0 Å². The fourth-order valence-electron chi connectivity index (χ4n) is 2.13. The molecule has 4 heteroatoms. The zero-order valence-electron chi connectivity index (χ0n) is 10.6. The van der Waals surface area contributed by atoms with Crippen LogP contribution in [0, 0.1) is 0 Å². The molecule has 1 rings (SSSR count). The van der Waals surface area contributed by atoms with E-state index in [0.29, 0.717) is 12.3 Å². The van der Waals surface area contributed by atoms with Gasteiger partial charge < -0.3 is 10.5 Å². The van der Waals surface area contributed by atoms with Crippen LogP contribution in [0.25, 0.3) is 0 Å². The molecule has 0 radical (unpaired) electrons. The van der Waals surface area contributed by atoms with Gasteiger partial charge in [-0.1, -0.05) is 13.8 Å². The minimum atomic E-state index is -1.11. The van der Waals surface area contributed by atoms with Gasteiger partial charge in [0, 0.05) is 12.3 Å². The normalized spacial score (nSPS) is 29.2. The Morgan fingerprint density at radius 2 is 2.24 bits per heavy atom. The quantitative estimate of drug-likeness (QED) is 0.608. The molecule has 0 heterocycles. The van der Waals surface area contributed by atoms with Gasteiger partial charge >= 0.3 is 0 Å². The Balaban J connectivity index is 3.12.